The third-order valence-electron chi connectivity index (χ3n) is 5.80. The van der Waals surface area contributed by atoms with Gasteiger partial charge in [-0.2, -0.15) is 0 Å². The van der Waals surface area contributed by atoms with Gasteiger partial charge in [0.1, 0.15) is 5.60 Å². The normalized spacial score (nSPS) is 15.4. The largest absolute Gasteiger partial charge is 0.365 e. The number of fused-ring (bicyclic) bond motifs is 2. The lowest BCUT2D eigenvalue weighted by atomic mass is 9.79. The average Bonchev–Trinajstić information content (AvgIpc) is 2.81. The van der Waals surface area contributed by atoms with E-state index in [4.69, 9.17) is 4.74 Å². The minimum Gasteiger partial charge on any atom is -0.365 e. The van der Waals surface area contributed by atoms with Gasteiger partial charge in [0.25, 0.3) is 0 Å². The first kappa shape index (κ1) is 21.0. The molecular formula is C25H36N2O. The van der Waals surface area contributed by atoms with E-state index in [1.165, 1.54) is 22.3 Å². The molecule has 3 nitrogen and oxygen atoms in total. The van der Waals surface area contributed by atoms with Gasteiger partial charge in [0, 0.05) is 6.61 Å². The number of ether oxygens (including phenoxy) is 1. The average molecular weight is 381 g/mol. The molecular weight excluding hydrogens is 344 g/mol. The van der Waals surface area contributed by atoms with Gasteiger partial charge in [-0.1, -0.05) is 48.5 Å². The molecule has 0 radical (unpaired) electrons. The van der Waals surface area contributed by atoms with Crippen LogP contribution in [-0.4, -0.2) is 57.7 Å². The van der Waals surface area contributed by atoms with Crippen LogP contribution in [0.1, 0.15) is 41.5 Å². The maximum atomic E-state index is 6.89. The molecule has 0 atom stereocenters. The summed E-state index contributed by atoms with van der Waals surface area (Å²) in [6.07, 6.45) is 5.35. The Morgan fingerprint density at radius 3 is 1.79 bits per heavy atom. The molecule has 0 saturated heterocycles. The van der Waals surface area contributed by atoms with Crippen LogP contribution in [0.15, 0.2) is 48.5 Å². The molecule has 1 aliphatic carbocycles. The van der Waals surface area contributed by atoms with E-state index in [0.29, 0.717) is 0 Å². The van der Waals surface area contributed by atoms with Crippen LogP contribution in [0.2, 0.25) is 0 Å². The fraction of sp³-hybridized carbons (Fsp3) is 0.520. The molecule has 152 valence electrons. The third-order valence-corrected chi connectivity index (χ3v) is 5.80. The van der Waals surface area contributed by atoms with Gasteiger partial charge in [-0.25, -0.2) is 0 Å². The second-order valence-corrected chi connectivity index (χ2v) is 8.55. The Hall–Kier alpha value is -1.68. The van der Waals surface area contributed by atoms with E-state index in [0.717, 1.165) is 51.8 Å². The summed E-state index contributed by atoms with van der Waals surface area (Å²) in [5.74, 6) is 0. The molecule has 0 aliphatic heterocycles. The highest BCUT2D eigenvalue weighted by Gasteiger charge is 2.39. The molecule has 0 aromatic heterocycles. The van der Waals surface area contributed by atoms with Crippen LogP contribution in [0.5, 0.6) is 0 Å². The van der Waals surface area contributed by atoms with Crippen LogP contribution in [0.25, 0.3) is 0 Å². The van der Waals surface area contributed by atoms with Crippen LogP contribution < -0.4 is 0 Å². The molecule has 1 aliphatic rings. The molecule has 0 unspecified atom stereocenters. The van der Waals surface area contributed by atoms with Crippen LogP contribution in [0.3, 0.4) is 0 Å². The maximum Gasteiger partial charge on any atom is 0.119 e. The Labute approximate surface area is 171 Å². The van der Waals surface area contributed by atoms with E-state index in [1.54, 1.807) is 0 Å². The molecule has 0 saturated carbocycles. The molecule has 0 bridgehead atoms. The van der Waals surface area contributed by atoms with E-state index < -0.39 is 0 Å². The Kier molecular flexibility index (Phi) is 7.28. The summed E-state index contributed by atoms with van der Waals surface area (Å²) < 4.78 is 6.89. The first-order valence-corrected chi connectivity index (χ1v) is 10.6. The van der Waals surface area contributed by atoms with E-state index in [2.05, 4.69) is 86.5 Å². The fourth-order valence-corrected chi connectivity index (χ4v) is 4.45. The number of benzene rings is 2. The predicted molar refractivity (Wildman–Crippen MR) is 118 cm³/mol. The first-order valence-electron chi connectivity index (χ1n) is 10.6. The third kappa shape index (κ3) is 4.83. The van der Waals surface area contributed by atoms with Gasteiger partial charge in [-0.05, 0) is 95.6 Å². The van der Waals surface area contributed by atoms with Crippen LogP contribution in [0, 0.1) is 0 Å². The van der Waals surface area contributed by atoms with Gasteiger partial charge in [-0.3, -0.25) is 0 Å². The second kappa shape index (κ2) is 9.69. The molecule has 0 fully saturated rings. The summed E-state index contributed by atoms with van der Waals surface area (Å²) in [6.45, 7) is 2.91. The van der Waals surface area contributed by atoms with Crippen molar-refractivity contribution in [2.75, 3.05) is 47.9 Å². The molecule has 2 aromatic rings. The summed E-state index contributed by atoms with van der Waals surface area (Å²) in [7, 11) is 8.56. The molecule has 0 spiro atoms. The second-order valence-electron chi connectivity index (χ2n) is 8.55. The topological polar surface area (TPSA) is 15.7 Å². The lowest BCUT2D eigenvalue weighted by Gasteiger charge is -2.37. The number of nitrogens with zero attached hydrogens (tertiary/aromatic N) is 2. The minimum absolute atomic E-state index is 0.341. The summed E-state index contributed by atoms with van der Waals surface area (Å²) in [4.78, 5) is 4.51. The van der Waals surface area contributed by atoms with Crippen molar-refractivity contribution in [1.29, 1.82) is 0 Å². The highest BCUT2D eigenvalue weighted by Crippen LogP contribution is 2.44. The van der Waals surface area contributed by atoms with Gasteiger partial charge < -0.3 is 14.5 Å². The highest BCUT2D eigenvalue weighted by atomic mass is 16.5. The molecule has 2 aromatic carbocycles. The standard InChI is InChI=1S/C25H36N2O/c1-26(2)18-9-17-25(28-20-10-19-27(3)4)23-13-7-5-11-21(23)15-16-22-12-6-8-14-24(22)25/h5-8,11-14H,9-10,15-20H2,1-4H3. The molecule has 0 N–H and O–H groups in total. The van der Waals surface area contributed by atoms with Gasteiger partial charge in [-0.15, -0.1) is 0 Å². The number of hydrogen-bond acceptors (Lipinski definition) is 3. The van der Waals surface area contributed by atoms with E-state index in [9.17, 15) is 0 Å². The van der Waals surface area contributed by atoms with Crippen molar-refractivity contribution in [2.24, 2.45) is 0 Å². The van der Waals surface area contributed by atoms with Gasteiger partial charge >= 0.3 is 0 Å². The monoisotopic (exact) mass is 380 g/mol. The molecule has 28 heavy (non-hydrogen) atoms. The van der Waals surface area contributed by atoms with Gasteiger partial charge in [0.15, 0.2) is 0 Å². The zero-order valence-electron chi connectivity index (χ0n) is 18.1. The van der Waals surface area contributed by atoms with Crippen molar-refractivity contribution in [3.05, 3.63) is 70.8 Å². The molecule has 3 heteroatoms. The SMILES string of the molecule is CN(C)CCCOC1(CCCN(C)C)c2ccccc2CCc2ccccc21. The quantitative estimate of drug-likeness (QED) is 0.602. The van der Waals surface area contributed by atoms with Crippen molar-refractivity contribution < 1.29 is 4.74 Å². The van der Waals surface area contributed by atoms with Crippen LogP contribution >= 0.6 is 0 Å². The summed E-state index contributed by atoms with van der Waals surface area (Å²) in [5.41, 5.74) is 5.30. The zero-order chi connectivity index (χ0) is 20.0. The predicted octanol–water partition coefficient (Wildman–Crippen LogP) is 4.34. The lowest BCUT2D eigenvalue weighted by Crippen LogP contribution is -2.34. The van der Waals surface area contributed by atoms with Gasteiger partial charge in [0.2, 0.25) is 0 Å². The molecule has 0 heterocycles. The number of hydrogen-bond donors (Lipinski definition) is 0. The highest BCUT2D eigenvalue weighted by molar-refractivity contribution is 5.47. The smallest absolute Gasteiger partial charge is 0.119 e. The van der Waals surface area contributed by atoms with E-state index >= 15 is 0 Å². The molecule has 0 amide bonds. The summed E-state index contributed by atoms with van der Waals surface area (Å²) in [5, 5.41) is 0. The minimum atomic E-state index is -0.341. The van der Waals surface area contributed by atoms with Crippen molar-refractivity contribution >= 4 is 0 Å². The fourth-order valence-electron chi connectivity index (χ4n) is 4.45. The first-order chi connectivity index (χ1) is 13.5. The van der Waals surface area contributed by atoms with Crippen molar-refractivity contribution in [2.45, 2.75) is 37.7 Å². The van der Waals surface area contributed by atoms with Gasteiger partial charge in [0.05, 0.1) is 0 Å². The summed E-state index contributed by atoms with van der Waals surface area (Å²) in [6, 6.07) is 17.9. The summed E-state index contributed by atoms with van der Waals surface area (Å²) >= 11 is 0. The Bertz CT molecular complexity index is 706. The Balaban J connectivity index is 2.01. The Morgan fingerprint density at radius 1 is 0.750 bits per heavy atom. The van der Waals surface area contributed by atoms with E-state index in [-0.39, 0.29) is 5.60 Å². The van der Waals surface area contributed by atoms with Crippen molar-refractivity contribution in [3.8, 4) is 0 Å². The van der Waals surface area contributed by atoms with Crippen molar-refractivity contribution in [3.63, 3.8) is 0 Å². The van der Waals surface area contributed by atoms with E-state index in [1.807, 2.05) is 0 Å². The zero-order valence-corrected chi connectivity index (χ0v) is 18.1. The Morgan fingerprint density at radius 2 is 1.25 bits per heavy atom. The maximum absolute atomic E-state index is 6.89. The van der Waals surface area contributed by atoms with Crippen molar-refractivity contribution in [1.82, 2.24) is 9.80 Å². The molecule has 3 rings (SSSR count). The lowest BCUT2D eigenvalue weighted by molar-refractivity contribution is -0.0301. The van der Waals surface area contributed by atoms with Crippen LogP contribution in [0.4, 0.5) is 0 Å². The number of rotatable bonds is 9. The van der Waals surface area contributed by atoms with Crippen LogP contribution in [-0.2, 0) is 23.2 Å². The number of aryl methyl sites for hydroxylation is 2.